The lowest BCUT2D eigenvalue weighted by Crippen LogP contribution is -2.17. The maximum absolute atomic E-state index is 12.2. The normalized spacial score (nSPS) is 10.4. The number of rotatable bonds is 5. The van der Waals surface area contributed by atoms with E-state index in [0.717, 1.165) is 11.8 Å². The molecule has 0 radical (unpaired) electrons. The van der Waals surface area contributed by atoms with Crippen LogP contribution in [0.5, 0.6) is 0 Å². The van der Waals surface area contributed by atoms with E-state index in [4.69, 9.17) is 5.73 Å². The zero-order chi connectivity index (χ0) is 17.6. The Labute approximate surface area is 147 Å². The van der Waals surface area contributed by atoms with Gasteiger partial charge in [0.15, 0.2) is 10.9 Å². The molecule has 0 aliphatic rings. The Kier molecular flexibility index (Phi) is 5.10. The van der Waals surface area contributed by atoms with Crippen molar-refractivity contribution < 1.29 is 4.79 Å². The lowest BCUT2D eigenvalue weighted by atomic mass is 10.1. The summed E-state index contributed by atoms with van der Waals surface area (Å²) < 4.78 is 0. The monoisotopic (exact) mass is 353 g/mol. The first kappa shape index (κ1) is 16.7. The molecule has 0 bridgehead atoms. The standard InChI is InChI=1S/C17H15N5O2S/c18-13-9-5-4-8-12(13)15-16(24)20-17(22-21-15)25-10-14(23)19-11-6-2-1-3-7-11/h1-9H,10,18H2,(H,19,23)(H,20,22,24). The third-order valence-corrected chi connectivity index (χ3v) is 4.15. The summed E-state index contributed by atoms with van der Waals surface area (Å²) >= 11 is 1.10. The fourth-order valence-corrected chi connectivity index (χ4v) is 2.73. The molecule has 1 heterocycles. The van der Waals surface area contributed by atoms with Crippen molar-refractivity contribution in [3.63, 3.8) is 0 Å². The number of hydrogen-bond donors (Lipinski definition) is 3. The number of amides is 1. The summed E-state index contributed by atoms with van der Waals surface area (Å²) in [7, 11) is 0. The molecule has 0 spiro atoms. The number of para-hydroxylation sites is 2. The van der Waals surface area contributed by atoms with Gasteiger partial charge in [-0.3, -0.25) is 14.6 Å². The molecule has 0 aliphatic carbocycles. The molecule has 3 aromatic rings. The number of nitrogens with zero attached hydrogens (tertiary/aromatic N) is 2. The summed E-state index contributed by atoms with van der Waals surface area (Å²) in [6.45, 7) is 0. The topological polar surface area (TPSA) is 114 Å². The maximum atomic E-state index is 12.2. The Balaban J connectivity index is 1.66. The largest absolute Gasteiger partial charge is 0.398 e. The van der Waals surface area contributed by atoms with Gasteiger partial charge in [-0.15, -0.1) is 10.2 Å². The van der Waals surface area contributed by atoms with Gasteiger partial charge in [-0.25, -0.2) is 0 Å². The fourth-order valence-electron chi connectivity index (χ4n) is 2.13. The van der Waals surface area contributed by atoms with E-state index < -0.39 is 5.56 Å². The number of carbonyl (C=O) groups excluding carboxylic acids is 1. The van der Waals surface area contributed by atoms with Gasteiger partial charge in [0.25, 0.3) is 5.56 Å². The molecule has 3 rings (SSSR count). The summed E-state index contributed by atoms with van der Waals surface area (Å²) in [6, 6.07) is 16.1. The molecule has 0 unspecified atom stereocenters. The van der Waals surface area contributed by atoms with Gasteiger partial charge in [0.05, 0.1) is 5.75 Å². The lowest BCUT2D eigenvalue weighted by molar-refractivity contribution is -0.113. The number of hydrogen-bond acceptors (Lipinski definition) is 6. The van der Waals surface area contributed by atoms with Crippen LogP contribution in [0.25, 0.3) is 11.3 Å². The van der Waals surface area contributed by atoms with Crippen molar-refractivity contribution in [2.75, 3.05) is 16.8 Å². The van der Waals surface area contributed by atoms with Gasteiger partial charge in [-0.05, 0) is 18.2 Å². The molecule has 1 amide bonds. The van der Waals surface area contributed by atoms with Crippen molar-refractivity contribution in [2.24, 2.45) is 0 Å². The second kappa shape index (κ2) is 7.63. The van der Waals surface area contributed by atoms with Crippen LogP contribution < -0.4 is 16.6 Å². The van der Waals surface area contributed by atoms with Crippen LogP contribution in [-0.2, 0) is 4.79 Å². The van der Waals surface area contributed by atoms with E-state index in [1.807, 2.05) is 18.2 Å². The Hall–Kier alpha value is -3.13. The van der Waals surface area contributed by atoms with Crippen molar-refractivity contribution in [2.45, 2.75) is 5.16 Å². The molecule has 0 fully saturated rings. The highest BCUT2D eigenvalue weighted by molar-refractivity contribution is 7.99. The molecule has 25 heavy (non-hydrogen) atoms. The van der Waals surface area contributed by atoms with Crippen LogP contribution in [0.1, 0.15) is 0 Å². The highest BCUT2D eigenvalue weighted by atomic mass is 32.2. The van der Waals surface area contributed by atoms with Crippen LogP contribution in [0.3, 0.4) is 0 Å². The van der Waals surface area contributed by atoms with Gasteiger partial charge in [0, 0.05) is 16.9 Å². The van der Waals surface area contributed by atoms with Gasteiger partial charge < -0.3 is 11.1 Å². The summed E-state index contributed by atoms with van der Waals surface area (Å²) in [5.41, 5.74) is 7.28. The van der Waals surface area contributed by atoms with Gasteiger partial charge in [0.1, 0.15) is 0 Å². The molecular weight excluding hydrogens is 338 g/mol. The molecule has 4 N–H and O–H groups in total. The van der Waals surface area contributed by atoms with Crippen LogP contribution in [0, 0.1) is 0 Å². The van der Waals surface area contributed by atoms with Crippen LogP contribution in [0.15, 0.2) is 64.5 Å². The van der Waals surface area contributed by atoms with E-state index in [-0.39, 0.29) is 22.5 Å². The molecule has 7 nitrogen and oxygen atoms in total. The smallest absolute Gasteiger partial charge is 0.278 e. The Morgan fingerprint density at radius 1 is 1.08 bits per heavy atom. The Morgan fingerprint density at radius 3 is 2.52 bits per heavy atom. The Bertz CT molecular complexity index is 943. The lowest BCUT2D eigenvalue weighted by Gasteiger charge is -2.05. The molecule has 8 heteroatoms. The number of nitrogens with two attached hydrogens (primary N) is 1. The van der Waals surface area contributed by atoms with Gasteiger partial charge in [-0.1, -0.05) is 48.2 Å². The van der Waals surface area contributed by atoms with E-state index in [0.29, 0.717) is 16.9 Å². The summed E-state index contributed by atoms with van der Waals surface area (Å²) in [5, 5.41) is 10.9. The predicted molar refractivity (Wildman–Crippen MR) is 98.3 cm³/mol. The second-order valence-corrected chi connectivity index (χ2v) is 6.06. The molecule has 0 atom stereocenters. The minimum absolute atomic E-state index is 0.104. The summed E-state index contributed by atoms with van der Waals surface area (Å²) in [6.07, 6.45) is 0. The van der Waals surface area contributed by atoms with Crippen LogP contribution in [0.4, 0.5) is 11.4 Å². The molecule has 2 aromatic carbocycles. The van der Waals surface area contributed by atoms with E-state index in [2.05, 4.69) is 20.5 Å². The van der Waals surface area contributed by atoms with E-state index in [9.17, 15) is 9.59 Å². The number of carbonyl (C=O) groups is 1. The van der Waals surface area contributed by atoms with Crippen molar-refractivity contribution in [1.29, 1.82) is 0 Å². The highest BCUT2D eigenvalue weighted by Gasteiger charge is 2.11. The number of nitrogens with one attached hydrogen (secondary N) is 2. The molecule has 0 aliphatic heterocycles. The molecule has 126 valence electrons. The van der Waals surface area contributed by atoms with E-state index in [1.54, 1.807) is 36.4 Å². The van der Waals surface area contributed by atoms with Crippen molar-refractivity contribution in [3.05, 3.63) is 65.0 Å². The number of benzene rings is 2. The molecule has 1 aromatic heterocycles. The van der Waals surface area contributed by atoms with Crippen LogP contribution >= 0.6 is 11.8 Å². The third-order valence-electron chi connectivity index (χ3n) is 3.29. The van der Waals surface area contributed by atoms with Crippen molar-refractivity contribution >= 4 is 29.0 Å². The maximum Gasteiger partial charge on any atom is 0.278 e. The number of anilines is 2. The van der Waals surface area contributed by atoms with Gasteiger partial charge in [-0.2, -0.15) is 0 Å². The molecule has 0 saturated heterocycles. The SMILES string of the molecule is Nc1ccccc1-c1nnc(SCC(=O)Nc2ccccc2)[nH]c1=O. The summed E-state index contributed by atoms with van der Waals surface area (Å²) in [5.74, 6) is -0.0954. The average Bonchev–Trinajstić information content (AvgIpc) is 2.62. The van der Waals surface area contributed by atoms with Gasteiger partial charge >= 0.3 is 0 Å². The quantitative estimate of drug-likeness (QED) is 0.478. The van der Waals surface area contributed by atoms with E-state index >= 15 is 0 Å². The zero-order valence-electron chi connectivity index (χ0n) is 13.1. The van der Waals surface area contributed by atoms with Gasteiger partial charge in [0.2, 0.25) is 5.91 Å². The average molecular weight is 353 g/mol. The van der Waals surface area contributed by atoms with Crippen molar-refractivity contribution in [3.8, 4) is 11.3 Å². The predicted octanol–water partition coefficient (Wildman–Crippen LogP) is 2.14. The second-order valence-electron chi connectivity index (χ2n) is 5.10. The number of H-pyrrole nitrogens is 1. The third kappa shape index (κ3) is 4.24. The highest BCUT2D eigenvalue weighted by Crippen LogP contribution is 2.20. The van der Waals surface area contributed by atoms with E-state index in [1.165, 1.54) is 0 Å². The fraction of sp³-hybridized carbons (Fsp3) is 0.0588. The molecule has 0 saturated carbocycles. The van der Waals surface area contributed by atoms with Crippen molar-refractivity contribution in [1.82, 2.24) is 15.2 Å². The van der Waals surface area contributed by atoms with Crippen LogP contribution in [-0.4, -0.2) is 26.8 Å². The molecular formula is C17H15N5O2S. The minimum Gasteiger partial charge on any atom is -0.398 e. The minimum atomic E-state index is -0.404. The number of nitrogen functional groups attached to an aromatic ring is 1. The number of aromatic amines is 1. The Morgan fingerprint density at radius 2 is 1.80 bits per heavy atom. The van der Waals surface area contributed by atoms with Crippen LogP contribution in [0.2, 0.25) is 0 Å². The first-order chi connectivity index (χ1) is 12.1. The zero-order valence-corrected chi connectivity index (χ0v) is 13.9. The number of thioether (sulfide) groups is 1. The number of aromatic nitrogens is 3. The first-order valence-electron chi connectivity index (χ1n) is 7.43. The first-order valence-corrected chi connectivity index (χ1v) is 8.41. The summed E-state index contributed by atoms with van der Waals surface area (Å²) in [4.78, 5) is 26.7.